The highest BCUT2D eigenvalue weighted by Crippen LogP contribution is 2.18. The quantitative estimate of drug-likeness (QED) is 0.830. The van der Waals surface area contributed by atoms with Crippen molar-refractivity contribution in [3.8, 4) is 0 Å². The first-order valence-corrected chi connectivity index (χ1v) is 7.36. The summed E-state index contributed by atoms with van der Waals surface area (Å²) in [6.07, 6.45) is 0.989. The molecule has 0 saturated carbocycles. The Morgan fingerprint density at radius 1 is 1.28 bits per heavy atom. The number of rotatable bonds is 5. The topological polar surface area (TPSA) is 29.9 Å². The summed E-state index contributed by atoms with van der Waals surface area (Å²) in [6.45, 7) is 6.01. The SMILES string of the molecule is CCc1cc(CNc2ccccc2I)n(CC)n1. The number of nitrogens with one attached hydrogen (secondary N) is 1. The van der Waals surface area contributed by atoms with Crippen LogP contribution < -0.4 is 5.32 Å². The van der Waals surface area contributed by atoms with Crippen LogP contribution >= 0.6 is 22.6 Å². The lowest BCUT2D eigenvalue weighted by Gasteiger charge is -2.09. The number of aryl methyl sites for hydroxylation is 2. The van der Waals surface area contributed by atoms with Gasteiger partial charge in [-0.25, -0.2) is 0 Å². The molecule has 1 aromatic heterocycles. The van der Waals surface area contributed by atoms with E-state index in [2.05, 4.69) is 81.9 Å². The van der Waals surface area contributed by atoms with Crippen LogP contribution in [-0.2, 0) is 19.5 Å². The van der Waals surface area contributed by atoms with E-state index in [0.717, 1.165) is 25.2 Å². The van der Waals surface area contributed by atoms with Crippen LogP contribution in [0.2, 0.25) is 0 Å². The number of halogens is 1. The number of aromatic nitrogens is 2. The second-order valence-electron chi connectivity index (χ2n) is 4.13. The van der Waals surface area contributed by atoms with E-state index in [1.807, 2.05) is 0 Å². The Hall–Kier alpha value is -1.04. The van der Waals surface area contributed by atoms with Crippen molar-refractivity contribution in [2.75, 3.05) is 5.32 Å². The van der Waals surface area contributed by atoms with Gasteiger partial charge in [0.15, 0.2) is 0 Å². The lowest BCUT2D eigenvalue weighted by atomic mass is 10.3. The van der Waals surface area contributed by atoms with Crippen molar-refractivity contribution in [3.63, 3.8) is 0 Å². The second kappa shape index (κ2) is 6.22. The minimum absolute atomic E-state index is 0.820. The van der Waals surface area contributed by atoms with E-state index in [0.29, 0.717) is 0 Å². The van der Waals surface area contributed by atoms with Gasteiger partial charge in [0.05, 0.1) is 17.9 Å². The van der Waals surface area contributed by atoms with Crippen LogP contribution in [0.1, 0.15) is 25.2 Å². The van der Waals surface area contributed by atoms with Gasteiger partial charge in [0, 0.05) is 15.8 Å². The van der Waals surface area contributed by atoms with E-state index >= 15 is 0 Å². The summed E-state index contributed by atoms with van der Waals surface area (Å²) in [5, 5.41) is 8.03. The van der Waals surface area contributed by atoms with Gasteiger partial charge < -0.3 is 5.32 Å². The van der Waals surface area contributed by atoms with Crippen LogP contribution in [0.3, 0.4) is 0 Å². The van der Waals surface area contributed by atoms with Gasteiger partial charge in [-0.1, -0.05) is 19.1 Å². The molecule has 2 rings (SSSR count). The number of nitrogens with zero attached hydrogens (tertiary/aromatic N) is 2. The standard InChI is InChI=1S/C14H18IN3/c1-3-11-9-12(18(4-2)17-11)10-16-14-8-6-5-7-13(14)15/h5-9,16H,3-4,10H2,1-2H3. The van der Waals surface area contributed by atoms with Crippen molar-refractivity contribution in [2.45, 2.75) is 33.4 Å². The summed E-state index contributed by atoms with van der Waals surface area (Å²) in [4.78, 5) is 0. The molecule has 0 bridgehead atoms. The molecule has 0 aliphatic heterocycles. The molecule has 0 radical (unpaired) electrons. The number of hydrogen-bond donors (Lipinski definition) is 1. The first-order chi connectivity index (χ1) is 8.74. The van der Waals surface area contributed by atoms with Gasteiger partial charge in [0.1, 0.15) is 0 Å². The average Bonchev–Trinajstić information content (AvgIpc) is 2.80. The van der Waals surface area contributed by atoms with E-state index in [9.17, 15) is 0 Å². The van der Waals surface area contributed by atoms with Crippen LogP contribution in [0.25, 0.3) is 0 Å². The Balaban J connectivity index is 2.10. The van der Waals surface area contributed by atoms with Crippen LogP contribution in [0, 0.1) is 3.57 Å². The molecule has 0 unspecified atom stereocenters. The van der Waals surface area contributed by atoms with Crippen LogP contribution in [0.4, 0.5) is 5.69 Å². The van der Waals surface area contributed by atoms with Crippen LogP contribution in [0.15, 0.2) is 30.3 Å². The van der Waals surface area contributed by atoms with Gasteiger partial charge in [-0.05, 0) is 54.1 Å². The fourth-order valence-electron chi connectivity index (χ4n) is 1.89. The van der Waals surface area contributed by atoms with Crippen molar-refractivity contribution < 1.29 is 0 Å². The third kappa shape index (κ3) is 3.04. The van der Waals surface area contributed by atoms with Gasteiger partial charge in [-0.15, -0.1) is 0 Å². The smallest absolute Gasteiger partial charge is 0.0625 e. The molecule has 3 nitrogen and oxygen atoms in total. The van der Waals surface area contributed by atoms with Gasteiger partial charge in [0.25, 0.3) is 0 Å². The van der Waals surface area contributed by atoms with E-state index in [1.165, 1.54) is 15.0 Å². The zero-order chi connectivity index (χ0) is 13.0. The molecule has 96 valence electrons. The van der Waals surface area contributed by atoms with Crippen molar-refractivity contribution in [2.24, 2.45) is 0 Å². The Kier molecular flexibility index (Phi) is 4.63. The summed E-state index contributed by atoms with van der Waals surface area (Å²) in [6, 6.07) is 10.5. The Morgan fingerprint density at radius 3 is 2.72 bits per heavy atom. The van der Waals surface area contributed by atoms with E-state index in [1.54, 1.807) is 0 Å². The van der Waals surface area contributed by atoms with Crippen molar-refractivity contribution in [1.82, 2.24) is 9.78 Å². The maximum atomic E-state index is 4.56. The molecule has 0 saturated heterocycles. The summed E-state index contributed by atoms with van der Waals surface area (Å²) in [5.74, 6) is 0. The summed E-state index contributed by atoms with van der Waals surface area (Å²) in [7, 11) is 0. The molecular formula is C14H18IN3. The molecule has 4 heteroatoms. The van der Waals surface area contributed by atoms with Crippen molar-refractivity contribution >= 4 is 28.3 Å². The average molecular weight is 355 g/mol. The van der Waals surface area contributed by atoms with Gasteiger partial charge >= 0.3 is 0 Å². The largest absolute Gasteiger partial charge is 0.379 e. The van der Waals surface area contributed by atoms with E-state index in [-0.39, 0.29) is 0 Å². The molecule has 0 amide bonds. The summed E-state index contributed by atoms with van der Waals surface area (Å²) < 4.78 is 3.31. The highest BCUT2D eigenvalue weighted by molar-refractivity contribution is 14.1. The molecule has 0 aliphatic rings. The Morgan fingerprint density at radius 2 is 2.06 bits per heavy atom. The van der Waals surface area contributed by atoms with E-state index < -0.39 is 0 Å². The van der Waals surface area contributed by atoms with Crippen LogP contribution in [-0.4, -0.2) is 9.78 Å². The Labute approximate surface area is 122 Å². The van der Waals surface area contributed by atoms with Crippen molar-refractivity contribution in [1.29, 1.82) is 0 Å². The molecule has 2 aromatic rings. The molecule has 1 aromatic carbocycles. The normalized spacial score (nSPS) is 10.6. The zero-order valence-electron chi connectivity index (χ0n) is 10.8. The summed E-state index contributed by atoms with van der Waals surface area (Å²) in [5.41, 5.74) is 3.59. The predicted molar refractivity (Wildman–Crippen MR) is 83.8 cm³/mol. The lowest BCUT2D eigenvalue weighted by molar-refractivity contribution is 0.619. The molecule has 18 heavy (non-hydrogen) atoms. The maximum Gasteiger partial charge on any atom is 0.0625 e. The fraction of sp³-hybridized carbons (Fsp3) is 0.357. The number of benzene rings is 1. The van der Waals surface area contributed by atoms with E-state index in [4.69, 9.17) is 0 Å². The first kappa shape index (κ1) is 13.4. The molecule has 1 heterocycles. The first-order valence-electron chi connectivity index (χ1n) is 6.28. The third-order valence-electron chi connectivity index (χ3n) is 2.91. The minimum atomic E-state index is 0.820. The van der Waals surface area contributed by atoms with Gasteiger partial charge in [-0.2, -0.15) is 5.10 Å². The minimum Gasteiger partial charge on any atom is -0.379 e. The predicted octanol–water partition coefficient (Wildman–Crippen LogP) is 3.68. The highest BCUT2D eigenvalue weighted by Gasteiger charge is 2.06. The van der Waals surface area contributed by atoms with Crippen LogP contribution in [0.5, 0.6) is 0 Å². The monoisotopic (exact) mass is 355 g/mol. The highest BCUT2D eigenvalue weighted by atomic mass is 127. The zero-order valence-corrected chi connectivity index (χ0v) is 12.9. The Bertz CT molecular complexity index is 520. The molecule has 0 fully saturated rings. The van der Waals surface area contributed by atoms with Gasteiger partial charge in [0.2, 0.25) is 0 Å². The maximum absolute atomic E-state index is 4.56. The fourth-order valence-corrected chi connectivity index (χ4v) is 2.47. The van der Waals surface area contributed by atoms with Gasteiger partial charge in [-0.3, -0.25) is 4.68 Å². The number of hydrogen-bond acceptors (Lipinski definition) is 2. The number of para-hydroxylation sites is 1. The molecule has 0 spiro atoms. The van der Waals surface area contributed by atoms with Crippen molar-refractivity contribution in [3.05, 3.63) is 45.3 Å². The number of anilines is 1. The molecule has 0 atom stereocenters. The molecular weight excluding hydrogens is 337 g/mol. The second-order valence-corrected chi connectivity index (χ2v) is 5.29. The molecule has 0 aliphatic carbocycles. The third-order valence-corrected chi connectivity index (χ3v) is 3.85. The summed E-state index contributed by atoms with van der Waals surface area (Å²) >= 11 is 2.35. The molecule has 1 N–H and O–H groups in total. The lowest BCUT2D eigenvalue weighted by Crippen LogP contribution is -2.08.